The lowest BCUT2D eigenvalue weighted by Gasteiger charge is -2.08. The van der Waals surface area contributed by atoms with Crippen LogP contribution in [-0.4, -0.2) is 25.7 Å². The lowest BCUT2D eigenvalue weighted by molar-refractivity contribution is 0.102. The molecule has 0 aliphatic carbocycles. The number of amides is 1. The van der Waals surface area contributed by atoms with E-state index < -0.39 is 5.95 Å². The fourth-order valence-corrected chi connectivity index (χ4v) is 2.92. The van der Waals surface area contributed by atoms with Gasteiger partial charge in [0.2, 0.25) is 17.7 Å². The summed E-state index contributed by atoms with van der Waals surface area (Å²) in [6.07, 6.45) is 0. The Bertz CT molecular complexity index is 1190. The first kappa shape index (κ1) is 18.8. The molecule has 8 heteroatoms. The Morgan fingerprint density at radius 3 is 2.48 bits per heavy atom. The van der Waals surface area contributed by atoms with Crippen molar-refractivity contribution in [2.45, 2.75) is 6.92 Å². The minimum Gasteiger partial charge on any atom is -0.290 e. The molecule has 0 atom stereocenters. The average Bonchev–Trinajstić information content (AvgIpc) is 3.12. The van der Waals surface area contributed by atoms with Crippen molar-refractivity contribution < 1.29 is 9.18 Å². The van der Waals surface area contributed by atoms with Gasteiger partial charge in [-0.25, -0.2) is 4.98 Å². The lowest BCUT2D eigenvalue weighted by atomic mass is 10.1. The van der Waals surface area contributed by atoms with Crippen molar-refractivity contribution in [2.24, 2.45) is 0 Å². The van der Waals surface area contributed by atoms with Gasteiger partial charge < -0.3 is 0 Å². The minimum atomic E-state index is -0.643. The molecule has 29 heavy (non-hydrogen) atoms. The highest BCUT2D eigenvalue weighted by Crippen LogP contribution is 2.22. The number of carbonyl (C=O) groups excluding carboxylic acids is 1. The van der Waals surface area contributed by atoms with Crippen molar-refractivity contribution in [3.63, 3.8) is 0 Å². The minimum absolute atomic E-state index is 0.180. The predicted octanol–water partition coefficient (Wildman–Crippen LogP) is 4.68. The smallest absolute Gasteiger partial charge is 0.258 e. The van der Waals surface area contributed by atoms with Gasteiger partial charge in [-0.05, 0) is 55.0 Å². The fourth-order valence-electron chi connectivity index (χ4n) is 2.79. The number of halogens is 2. The summed E-state index contributed by atoms with van der Waals surface area (Å²) in [4.78, 5) is 21.0. The maximum Gasteiger partial charge on any atom is 0.258 e. The number of aromatic nitrogens is 4. The summed E-state index contributed by atoms with van der Waals surface area (Å²) in [7, 11) is 0. The van der Waals surface area contributed by atoms with Gasteiger partial charge in [-0.3, -0.25) is 10.1 Å². The van der Waals surface area contributed by atoms with Crippen LogP contribution in [0.1, 0.15) is 15.9 Å². The Morgan fingerprint density at radius 1 is 1.00 bits per heavy atom. The number of anilines is 1. The number of hydrogen-bond donors (Lipinski definition) is 1. The molecule has 0 aliphatic heterocycles. The van der Waals surface area contributed by atoms with Crippen LogP contribution in [0.2, 0.25) is 5.02 Å². The second kappa shape index (κ2) is 7.81. The summed E-state index contributed by atoms with van der Waals surface area (Å²) in [5.74, 6) is -0.610. The zero-order chi connectivity index (χ0) is 20.4. The van der Waals surface area contributed by atoms with E-state index in [9.17, 15) is 9.18 Å². The highest BCUT2D eigenvalue weighted by atomic mass is 35.5. The van der Waals surface area contributed by atoms with Crippen LogP contribution in [-0.2, 0) is 0 Å². The molecule has 144 valence electrons. The van der Waals surface area contributed by atoms with Gasteiger partial charge in [0.25, 0.3) is 5.91 Å². The summed E-state index contributed by atoms with van der Waals surface area (Å²) in [5, 5.41) is 7.75. The van der Waals surface area contributed by atoms with Gasteiger partial charge >= 0.3 is 0 Å². The standard InChI is InChI=1S/C21H15ClFN5O/c1-13-5-2-3-6-16(13)20(29)26-21-25-19(17-7-4-8-18(23)24-17)27-28(21)15-11-9-14(22)10-12-15/h2-12H,1H3,(H,25,26,27,29). The molecule has 2 aromatic heterocycles. The van der Waals surface area contributed by atoms with Crippen molar-refractivity contribution >= 4 is 23.5 Å². The van der Waals surface area contributed by atoms with Crippen molar-refractivity contribution in [3.8, 4) is 17.2 Å². The average molecular weight is 408 g/mol. The Kier molecular flexibility index (Phi) is 5.05. The predicted molar refractivity (Wildman–Crippen MR) is 109 cm³/mol. The first-order valence-corrected chi connectivity index (χ1v) is 9.12. The molecule has 0 aliphatic rings. The number of aryl methyl sites for hydroxylation is 1. The number of nitrogens with one attached hydrogen (secondary N) is 1. The highest BCUT2D eigenvalue weighted by Gasteiger charge is 2.18. The Labute approximate surface area is 171 Å². The zero-order valence-electron chi connectivity index (χ0n) is 15.3. The summed E-state index contributed by atoms with van der Waals surface area (Å²) in [5.41, 5.74) is 2.23. The van der Waals surface area contributed by atoms with Crippen LogP contribution >= 0.6 is 11.6 Å². The molecule has 0 fully saturated rings. The van der Waals surface area contributed by atoms with Crippen molar-refractivity contribution in [1.82, 2.24) is 19.7 Å². The second-order valence-corrected chi connectivity index (χ2v) is 6.70. The SMILES string of the molecule is Cc1ccccc1C(=O)Nc1nc(-c2cccc(F)n2)nn1-c1ccc(Cl)cc1. The summed E-state index contributed by atoms with van der Waals surface area (Å²) < 4.78 is 15.0. The van der Waals surface area contributed by atoms with Crippen LogP contribution in [0, 0.1) is 12.9 Å². The van der Waals surface area contributed by atoms with Crippen LogP contribution in [0.25, 0.3) is 17.2 Å². The molecule has 2 heterocycles. The first-order chi connectivity index (χ1) is 14.0. The maximum atomic E-state index is 13.5. The van der Waals surface area contributed by atoms with E-state index in [4.69, 9.17) is 11.6 Å². The van der Waals surface area contributed by atoms with E-state index >= 15 is 0 Å². The van der Waals surface area contributed by atoms with E-state index in [-0.39, 0.29) is 23.4 Å². The molecular formula is C21H15ClFN5O. The van der Waals surface area contributed by atoms with Crippen molar-refractivity contribution in [3.05, 3.63) is 88.8 Å². The molecular weight excluding hydrogens is 393 g/mol. The molecule has 0 bridgehead atoms. The highest BCUT2D eigenvalue weighted by molar-refractivity contribution is 6.30. The molecule has 4 rings (SSSR count). The maximum absolute atomic E-state index is 13.5. The molecule has 0 saturated carbocycles. The molecule has 0 unspecified atom stereocenters. The lowest BCUT2D eigenvalue weighted by Crippen LogP contribution is -2.17. The third-order valence-corrected chi connectivity index (χ3v) is 4.49. The van der Waals surface area contributed by atoms with Gasteiger partial charge in [0.1, 0.15) is 5.69 Å². The van der Waals surface area contributed by atoms with E-state index in [0.29, 0.717) is 16.3 Å². The first-order valence-electron chi connectivity index (χ1n) is 8.74. The van der Waals surface area contributed by atoms with Crippen molar-refractivity contribution in [1.29, 1.82) is 0 Å². The summed E-state index contributed by atoms with van der Waals surface area (Å²) in [6.45, 7) is 1.85. The molecule has 2 aromatic carbocycles. The molecule has 0 spiro atoms. The molecule has 0 saturated heterocycles. The van der Waals surface area contributed by atoms with Gasteiger partial charge in [0, 0.05) is 10.6 Å². The van der Waals surface area contributed by atoms with E-state index in [1.54, 1.807) is 42.5 Å². The second-order valence-electron chi connectivity index (χ2n) is 6.26. The Balaban J connectivity index is 1.77. The molecule has 1 N–H and O–H groups in total. The van der Waals surface area contributed by atoms with Crippen LogP contribution in [0.15, 0.2) is 66.7 Å². The number of pyridine rings is 1. The van der Waals surface area contributed by atoms with Gasteiger partial charge in [-0.2, -0.15) is 14.1 Å². The number of rotatable bonds is 4. The normalized spacial score (nSPS) is 10.7. The number of benzene rings is 2. The number of hydrogen-bond acceptors (Lipinski definition) is 4. The van der Waals surface area contributed by atoms with E-state index in [2.05, 4.69) is 20.4 Å². The van der Waals surface area contributed by atoms with Crippen molar-refractivity contribution in [2.75, 3.05) is 5.32 Å². The zero-order valence-corrected chi connectivity index (χ0v) is 16.1. The summed E-state index contributed by atoms with van der Waals surface area (Å²) in [6, 6.07) is 18.4. The van der Waals surface area contributed by atoms with Crippen LogP contribution in [0.4, 0.5) is 10.3 Å². The Hall–Kier alpha value is -3.58. The van der Waals surface area contributed by atoms with Crippen LogP contribution in [0.3, 0.4) is 0 Å². The molecule has 1 amide bonds. The molecule has 0 radical (unpaired) electrons. The molecule has 4 aromatic rings. The van der Waals surface area contributed by atoms with Gasteiger partial charge in [0.05, 0.1) is 5.69 Å². The van der Waals surface area contributed by atoms with Crippen LogP contribution in [0.5, 0.6) is 0 Å². The number of nitrogens with zero attached hydrogens (tertiary/aromatic N) is 4. The van der Waals surface area contributed by atoms with E-state index in [1.165, 1.54) is 16.8 Å². The third-order valence-electron chi connectivity index (χ3n) is 4.24. The third kappa shape index (κ3) is 4.00. The topological polar surface area (TPSA) is 72.7 Å². The quantitative estimate of drug-likeness (QED) is 0.498. The van der Waals surface area contributed by atoms with Crippen LogP contribution < -0.4 is 5.32 Å². The van der Waals surface area contributed by atoms with Gasteiger partial charge in [0.15, 0.2) is 0 Å². The number of carbonyl (C=O) groups is 1. The van der Waals surface area contributed by atoms with E-state index in [0.717, 1.165) is 5.56 Å². The monoisotopic (exact) mass is 407 g/mol. The summed E-state index contributed by atoms with van der Waals surface area (Å²) >= 11 is 5.97. The largest absolute Gasteiger partial charge is 0.290 e. The van der Waals surface area contributed by atoms with E-state index in [1.807, 2.05) is 19.1 Å². The Morgan fingerprint density at radius 2 is 1.76 bits per heavy atom. The fraction of sp³-hybridized carbons (Fsp3) is 0.0476. The van der Waals surface area contributed by atoms with Gasteiger partial charge in [-0.1, -0.05) is 35.9 Å². The molecule has 6 nitrogen and oxygen atoms in total. The van der Waals surface area contributed by atoms with Gasteiger partial charge in [-0.15, -0.1) is 5.10 Å².